The van der Waals surface area contributed by atoms with Crippen LogP contribution < -0.4 is 10.6 Å². The summed E-state index contributed by atoms with van der Waals surface area (Å²) in [6, 6.07) is 6.22. The molecule has 8 heteroatoms. The number of carbonyl (C=O) groups is 1. The van der Waals surface area contributed by atoms with Crippen LogP contribution in [0.4, 0.5) is 9.52 Å². The van der Waals surface area contributed by atoms with Crippen molar-refractivity contribution in [1.82, 2.24) is 20.1 Å². The monoisotopic (exact) mass is 385 g/mol. The van der Waals surface area contributed by atoms with Crippen molar-refractivity contribution in [2.24, 2.45) is 13.0 Å². The quantitative estimate of drug-likeness (QED) is 0.724. The van der Waals surface area contributed by atoms with Gasteiger partial charge in [-0.1, -0.05) is 0 Å². The van der Waals surface area contributed by atoms with E-state index in [-0.39, 0.29) is 23.6 Å². The van der Waals surface area contributed by atoms with E-state index < -0.39 is 0 Å². The molecular formula is C19H20FN5OS. The third kappa shape index (κ3) is 3.63. The highest BCUT2D eigenvalue weighted by molar-refractivity contribution is 7.16. The van der Waals surface area contributed by atoms with Gasteiger partial charge in [-0.25, -0.2) is 9.37 Å². The van der Waals surface area contributed by atoms with Crippen molar-refractivity contribution < 1.29 is 9.18 Å². The van der Waals surface area contributed by atoms with Crippen LogP contribution >= 0.6 is 11.3 Å². The minimum Gasteiger partial charge on any atom is -0.315 e. The fourth-order valence-electron chi connectivity index (χ4n) is 3.46. The zero-order valence-corrected chi connectivity index (χ0v) is 15.9. The first-order valence-corrected chi connectivity index (χ1v) is 9.56. The molecule has 27 heavy (non-hydrogen) atoms. The van der Waals surface area contributed by atoms with E-state index in [4.69, 9.17) is 0 Å². The first-order chi connectivity index (χ1) is 13.0. The molecule has 0 saturated carbocycles. The number of amides is 1. The number of thiazole rings is 1. The van der Waals surface area contributed by atoms with Gasteiger partial charge in [-0.3, -0.25) is 9.48 Å². The lowest BCUT2D eigenvalue weighted by molar-refractivity contribution is -0.119. The van der Waals surface area contributed by atoms with Gasteiger partial charge in [-0.15, -0.1) is 11.3 Å². The predicted octanol–water partition coefficient (Wildman–Crippen LogP) is 2.93. The van der Waals surface area contributed by atoms with Crippen molar-refractivity contribution in [3.8, 4) is 11.3 Å². The molecule has 4 rings (SSSR count). The van der Waals surface area contributed by atoms with Crippen molar-refractivity contribution in [1.29, 1.82) is 0 Å². The number of nitrogens with one attached hydrogen (secondary N) is 2. The summed E-state index contributed by atoms with van der Waals surface area (Å²) in [6.07, 6.45) is 3.77. The molecule has 2 N–H and O–H groups in total. The lowest BCUT2D eigenvalue weighted by Crippen LogP contribution is -2.28. The zero-order chi connectivity index (χ0) is 19.0. The molecule has 1 aliphatic heterocycles. The lowest BCUT2D eigenvalue weighted by atomic mass is 9.90. The molecule has 3 aromatic rings. The van der Waals surface area contributed by atoms with E-state index in [0.717, 1.165) is 28.2 Å². The Bertz CT molecular complexity index is 965. The molecule has 1 amide bonds. The second kappa shape index (κ2) is 7.21. The Hall–Kier alpha value is -2.58. The number of aromatic nitrogens is 3. The SMILES string of the molecule is Cc1sc(NC(=O)[C@H]2CNC[C@@H]2c2cnn(C)c2)nc1-c1ccc(F)cc1. The molecule has 0 bridgehead atoms. The van der Waals surface area contributed by atoms with E-state index in [0.29, 0.717) is 11.7 Å². The number of benzene rings is 1. The number of nitrogens with zero attached hydrogens (tertiary/aromatic N) is 3. The zero-order valence-electron chi connectivity index (χ0n) is 15.1. The van der Waals surface area contributed by atoms with Crippen molar-refractivity contribution >= 4 is 22.4 Å². The van der Waals surface area contributed by atoms with Crippen molar-refractivity contribution in [2.45, 2.75) is 12.8 Å². The second-order valence-corrected chi connectivity index (χ2v) is 7.94. The van der Waals surface area contributed by atoms with Gasteiger partial charge < -0.3 is 10.6 Å². The summed E-state index contributed by atoms with van der Waals surface area (Å²) < 4.78 is 14.9. The molecule has 0 spiro atoms. The first-order valence-electron chi connectivity index (χ1n) is 8.75. The van der Waals surface area contributed by atoms with Crippen LogP contribution in [0.15, 0.2) is 36.7 Å². The number of halogens is 1. The van der Waals surface area contributed by atoms with Crippen LogP contribution in [0.3, 0.4) is 0 Å². The smallest absolute Gasteiger partial charge is 0.231 e. The van der Waals surface area contributed by atoms with E-state index in [1.54, 1.807) is 16.8 Å². The lowest BCUT2D eigenvalue weighted by Gasteiger charge is -2.15. The van der Waals surface area contributed by atoms with E-state index in [1.165, 1.54) is 23.5 Å². The van der Waals surface area contributed by atoms with Gasteiger partial charge in [0.05, 0.1) is 17.8 Å². The molecule has 3 heterocycles. The minimum atomic E-state index is -0.282. The van der Waals surface area contributed by atoms with E-state index in [1.807, 2.05) is 26.4 Å². The fourth-order valence-corrected chi connectivity index (χ4v) is 4.30. The van der Waals surface area contributed by atoms with Crippen molar-refractivity contribution in [2.75, 3.05) is 18.4 Å². The third-order valence-corrected chi connectivity index (χ3v) is 5.73. The largest absolute Gasteiger partial charge is 0.315 e. The fraction of sp³-hybridized carbons (Fsp3) is 0.316. The summed E-state index contributed by atoms with van der Waals surface area (Å²) in [6.45, 7) is 3.32. The molecule has 1 aliphatic rings. The molecule has 0 unspecified atom stereocenters. The highest BCUT2D eigenvalue weighted by Gasteiger charge is 2.35. The summed E-state index contributed by atoms with van der Waals surface area (Å²) in [5.74, 6) is -0.410. The van der Waals surface area contributed by atoms with Crippen LogP contribution in [0.25, 0.3) is 11.3 Å². The maximum absolute atomic E-state index is 13.1. The van der Waals surface area contributed by atoms with Crippen LogP contribution in [0, 0.1) is 18.7 Å². The van der Waals surface area contributed by atoms with E-state index in [9.17, 15) is 9.18 Å². The minimum absolute atomic E-state index is 0.0479. The molecule has 1 fully saturated rings. The Balaban J connectivity index is 1.51. The molecule has 6 nitrogen and oxygen atoms in total. The molecule has 140 valence electrons. The summed E-state index contributed by atoms with van der Waals surface area (Å²) in [5.41, 5.74) is 2.66. The molecule has 0 radical (unpaired) electrons. The van der Waals surface area contributed by atoms with Crippen LogP contribution in [-0.2, 0) is 11.8 Å². The van der Waals surface area contributed by atoms with Crippen LogP contribution in [-0.4, -0.2) is 33.8 Å². The Morgan fingerprint density at radius 1 is 1.33 bits per heavy atom. The first kappa shape index (κ1) is 17.8. The number of hydrogen-bond acceptors (Lipinski definition) is 5. The van der Waals surface area contributed by atoms with Gasteiger partial charge in [0, 0.05) is 42.7 Å². The van der Waals surface area contributed by atoms with Gasteiger partial charge >= 0.3 is 0 Å². The number of anilines is 1. The molecule has 1 saturated heterocycles. The molecule has 1 aromatic carbocycles. The van der Waals surface area contributed by atoms with Gasteiger partial charge in [0.25, 0.3) is 0 Å². The Labute approximate surface area is 160 Å². The average molecular weight is 385 g/mol. The van der Waals surface area contributed by atoms with Gasteiger partial charge in [-0.2, -0.15) is 5.10 Å². The Morgan fingerprint density at radius 3 is 2.81 bits per heavy atom. The highest BCUT2D eigenvalue weighted by Crippen LogP contribution is 2.33. The number of carbonyl (C=O) groups excluding carboxylic acids is 1. The summed E-state index contributed by atoms with van der Waals surface area (Å²) >= 11 is 1.43. The van der Waals surface area contributed by atoms with Gasteiger partial charge in [0.1, 0.15) is 5.82 Å². The van der Waals surface area contributed by atoms with Gasteiger partial charge in [-0.05, 0) is 36.8 Å². The standard InChI is InChI=1S/C19H20FN5OS/c1-11-17(12-3-5-14(20)6-4-12)23-19(27-11)24-18(26)16-9-21-8-15(16)13-7-22-25(2)10-13/h3-7,10,15-16,21H,8-9H2,1-2H3,(H,23,24,26)/t15-,16+/m1/s1. The van der Waals surface area contributed by atoms with Crippen LogP contribution in [0.2, 0.25) is 0 Å². The predicted molar refractivity (Wildman–Crippen MR) is 103 cm³/mol. The van der Waals surface area contributed by atoms with Crippen molar-refractivity contribution in [3.05, 3.63) is 52.9 Å². The van der Waals surface area contributed by atoms with Gasteiger partial charge in [0.2, 0.25) is 5.91 Å². The summed E-state index contributed by atoms with van der Waals surface area (Å²) in [4.78, 5) is 18.4. The molecule has 2 aromatic heterocycles. The van der Waals surface area contributed by atoms with E-state index in [2.05, 4.69) is 20.7 Å². The van der Waals surface area contributed by atoms with Crippen LogP contribution in [0.1, 0.15) is 16.4 Å². The van der Waals surface area contributed by atoms with Gasteiger partial charge in [0.15, 0.2) is 5.13 Å². The normalized spacial score (nSPS) is 19.4. The second-order valence-electron chi connectivity index (χ2n) is 6.74. The van der Waals surface area contributed by atoms with E-state index >= 15 is 0 Å². The topological polar surface area (TPSA) is 71.8 Å². The third-order valence-electron chi connectivity index (χ3n) is 4.85. The number of hydrogen-bond donors (Lipinski definition) is 2. The molecule has 0 aliphatic carbocycles. The number of aryl methyl sites for hydroxylation is 2. The Kier molecular flexibility index (Phi) is 4.75. The summed E-state index contributed by atoms with van der Waals surface area (Å²) in [5, 5.41) is 11.0. The maximum atomic E-state index is 13.1. The average Bonchev–Trinajstić information content (AvgIpc) is 3.35. The molecular weight excluding hydrogens is 365 g/mol. The van der Waals surface area contributed by atoms with Crippen molar-refractivity contribution in [3.63, 3.8) is 0 Å². The molecule has 2 atom stereocenters. The summed E-state index contributed by atoms with van der Waals surface area (Å²) in [7, 11) is 1.87. The highest BCUT2D eigenvalue weighted by atomic mass is 32.1. The van der Waals surface area contributed by atoms with Crippen LogP contribution in [0.5, 0.6) is 0 Å². The number of rotatable bonds is 4. The Morgan fingerprint density at radius 2 is 2.11 bits per heavy atom. The maximum Gasteiger partial charge on any atom is 0.231 e.